The second-order valence-electron chi connectivity index (χ2n) is 8.34. The zero-order valence-corrected chi connectivity index (χ0v) is 20.1. The molecule has 0 saturated carbocycles. The third kappa shape index (κ3) is 4.30. The lowest BCUT2D eigenvalue weighted by Crippen LogP contribution is -2.36. The Morgan fingerprint density at radius 1 is 1.21 bits per heavy atom. The van der Waals surface area contributed by atoms with Gasteiger partial charge in [0.15, 0.2) is 17.4 Å². The largest absolute Gasteiger partial charge is 0.494 e. The molecule has 2 aromatic heterocycles. The average Bonchev–Trinajstić information content (AvgIpc) is 3.43. The van der Waals surface area contributed by atoms with Gasteiger partial charge in [-0.05, 0) is 26.0 Å². The third-order valence-electron chi connectivity index (χ3n) is 5.78. The van der Waals surface area contributed by atoms with Crippen LogP contribution in [-0.4, -0.2) is 62.7 Å². The van der Waals surface area contributed by atoms with Crippen LogP contribution in [0.4, 0.5) is 22.0 Å². The van der Waals surface area contributed by atoms with Crippen molar-refractivity contribution < 1.29 is 14.3 Å². The molecule has 1 N–H and O–H groups in total. The van der Waals surface area contributed by atoms with E-state index in [1.165, 1.54) is 6.20 Å². The average molecular weight is 464 g/mol. The highest BCUT2D eigenvalue weighted by molar-refractivity contribution is 6.03. The summed E-state index contributed by atoms with van der Waals surface area (Å²) in [5.74, 6) is 1.51. The van der Waals surface area contributed by atoms with Gasteiger partial charge in [-0.3, -0.25) is 14.4 Å². The Hall–Kier alpha value is -3.95. The molecule has 0 atom stereocenters. The predicted octanol–water partition coefficient (Wildman–Crippen LogP) is 3.87. The molecular formula is C24H29N7O3. The highest BCUT2D eigenvalue weighted by atomic mass is 16.5. The van der Waals surface area contributed by atoms with E-state index in [1.807, 2.05) is 32.0 Å². The van der Waals surface area contributed by atoms with Gasteiger partial charge in [0.25, 0.3) is 0 Å². The molecule has 1 fully saturated rings. The first-order valence-corrected chi connectivity index (χ1v) is 11.3. The standard InChI is InChI=1S/C24H29N7O3/c1-6-20(32)17-13-25-21(31-11-10-30(15(2)3)24(31)33)12-19(17)27-18-9-7-8-16(22(18)34-5)23-26-14-29(4)28-23/h7-9,12-15H,6,10-11H2,1-5H3,(H,25,27). The number of ketones is 1. The fourth-order valence-electron chi connectivity index (χ4n) is 3.99. The van der Waals surface area contributed by atoms with Crippen LogP contribution in [0.15, 0.2) is 36.8 Å². The van der Waals surface area contributed by atoms with Crippen molar-refractivity contribution in [1.82, 2.24) is 24.6 Å². The number of urea groups is 1. The minimum atomic E-state index is -0.0937. The van der Waals surface area contributed by atoms with Gasteiger partial charge in [0.1, 0.15) is 12.1 Å². The molecule has 4 rings (SSSR count). The van der Waals surface area contributed by atoms with Crippen LogP contribution < -0.4 is 15.0 Å². The van der Waals surface area contributed by atoms with Gasteiger partial charge in [-0.2, -0.15) is 5.10 Å². The summed E-state index contributed by atoms with van der Waals surface area (Å²) in [6.07, 6.45) is 3.48. The van der Waals surface area contributed by atoms with Gasteiger partial charge in [-0.25, -0.2) is 14.8 Å². The molecule has 0 aliphatic carbocycles. The number of anilines is 3. The smallest absolute Gasteiger partial charge is 0.326 e. The summed E-state index contributed by atoms with van der Waals surface area (Å²) in [5.41, 5.74) is 2.36. The number of carbonyl (C=O) groups excluding carboxylic acids is 2. The maximum Gasteiger partial charge on any atom is 0.326 e. The number of rotatable bonds is 8. The molecule has 178 valence electrons. The van der Waals surface area contributed by atoms with E-state index in [2.05, 4.69) is 20.4 Å². The van der Waals surface area contributed by atoms with Crippen molar-refractivity contribution in [3.8, 4) is 17.1 Å². The molecule has 10 nitrogen and oxygen atoms in total. The van der Waals surface area contributed by atoms with Crippen molar-refractivity contribution in [3.63, 3.8) is 0 Å². The van der Waals surface area contributed by atoms with Gasteiger partial charge in [0, 0.05) is 44.9 Å². The first-order valence-electron chi connectivity index (χ1n) is 11.3. The first kappa shape index (κ1) is 23.2. The van der Waals surface area contributed by atoms with Crippen LogP contribution in [0, 0.1) is 0 Å². The maximum atomic E-state index is 12.9. The molecule has 1 aliphatic heterocycles. The minimum absolute atomic E-state index is 0.0559. The number of amides is 2. The number of benzene rings is 1. The first-order chi connectivity index (χ1) is 16.3. The molecule has 1 aromatic carbocycles. The summed E-state index contributed by atoms with van der Waals surface area (Å²) < 4.78 is 7.32. The van der Waals surface area contributed by atoms with E-state index < -0.39 is 0 Å². The number of hydrogen-bond donors (Lipinski definition) is 1. The van der Waals surface area contributed by atoms with E-state index in [4.69, 9.17) is 4.74 Å². The molecule has 3 heterocycles. The van der Waals surface area contributed by atoms with Crippen LogP contribution in [0.5, 0.6) is 5.75 Å². The molecule has 2 amide bonds. The van der Waals surface area contributed by atoms with Crippen LogP contribution in [0.25, 0.3) is 11.4 Å². The molecule has 1 saturated heterocycles. The Kier molecular flexibility index (Phi) is 6.49. The summed E-state index contributed by atoms with van der Waals surface area (Å²) in [4.78, 5) is 37.8. The van der Waals surface area contributed by atoms with E-state index >= 15 is 0 Å². The van der Waals surface area contributed by atoms with E-state index in [9.17, 15) is 9.59 Å². The molecule has 0 radical (unpaired) electrons. The molecule has 0 unspecified atom stereocenters. The Labute approximate surface area is 198 Å². The Morgan fingerprint density at radius 3 is 2.62 bits per heavy atom. The highest BCUT2D eigenvalue weighted by Gasteiger charge is 2.32. The third-order valence-corrected chi connectivity index (χ3v) is 5.78. The Morgan fingerprint density at radius 2 is 2.00 bits per heavy atom. The summed E-state index contributed by atoms with van der Waals surface area (Å²) in [5, 5.41) is 7.71. The molecule has 1 aliphatic rings. The Balaban J connectivity index is 1.74. The van der Waals surface area contributed by atoms with Crippen LogP contribution in [-0.2, 0) is 7.05 Å². The van der Waals surface area contributed by atoms with Gasteiger partial charge in [0.2, 0.25) is 0 Å². The van der Waals surface area contributed by atoms with Crippen LogP contribution in [0.1, 0.15) is 37.6 Å². The maximum absolute atomic E-state index is 12.9. The van der Waals surface area contributed by atoms with Crippen molar-refractivity contribution in [1.29, 1.82) is 0 Å². The highest BCUT2D eigenvalue weighted by Crippen LogP contribution is 2.38. The number of Topliss-reactive ketones (excluding diaryl/α,β-unsaturated/α-hetero) is 1. The fourth-order valence-corrected chi connectivity index (χ4v) is 3.99. The second kappa shape index (κ2) is 9.50. The SMILES string of the molecule is CCC(=O)c1cnc(N2CCN(C(C)C)C2=O)cc1Nc1cccc(-c2ncn(C)n2)c1OC. The van der Waals surface area contributed by atoms with E-state index in [1.54, 1.807) is 48.0 Å². The quantitative estimate of drug-likeness (QED) is 0.506. The lowest BCUT2D eigenvalue weighted by Gasteiger charge is -2.22. The van der Waals surface area contributed by atoms with Gasteiger partial charge in [-0.15, -0.1) is 0 Å². The number of hydrogen-bond acceptors (Lipinski definition) is 7. The number of aromatic nitrogens is 4. The summed E-state index contributed by atoms with van der Waals surface area (Å²) in [7, 11) is 3.37. The van der Waals surface area contributed by atoms with E-state index in [0.717, 1.165) is 0 Å². The lowest BCUT2D eigenvalue weighted by molar-refractivity contribution is 0.0988. The second-order valence-corrected chi connectivity index (χ2v) is 8.34. The summed E-state index contributed by atoms with van der Waals surface area (Å²) >= 11 is 0. The number of aryl methyl sites for hydroxylation is 1. The van der Waals surface area contributed by atoms with Crippen molar-refractivity contribution in [2.75, 3.05) is 30.4 Å². The Bertz CT molecular complexity index is 1220. The topological polar surface area (TPSA) is 105 Å². The molecular weight excluding hydrogens is 434 g/mol. The normalized spacial score (nSPS) is 13.6. The molecule has 34 heavy (non-hydrogen) atoms. The van der Waals surface area contributed by atoms with Gasteiger partial charge in [0.05, 0.1) is 29.6 Å². The predicted molar refractivity (Wildman–Crippen MR) is 130 cm³/mol. The van der Waals surface area contributed by atoms with Gasteiger partial charge >= 0.3 is 6.03 Å². The van der Waals surface area contributed by atoms with Crippen LogP contribution in [0.3, 0.4) is 0 Å². The number of carbonyl (C=O) groups is 2. The molecule has 3 aromatic rings. The number of ether oxygens (including phenoxy) is 1. The monoisotopic (exact) mass is 463 g/mol. The van der Waals surface area contributed by atoms with Crippen LogP contribution in [0.2, 0.25) is 0 Å². The minimum Gasteiger partial charge on any atom is -0.494 e. The summed E-state index contributed by atoms with van der Waals surface area (Å²) in [6, 6.07) is 7.35. The van der Waals surface area contributed by atoms with E-state index in [0.29, 0.717) is 59.4 Å². The number of methoxy groups -OCH3 is 1. The number of nitrogens with one attached hydrogen (secondary N) is 1. The molecule has 10 heteroatoms. The summed E-state index contributed by atoms with van der Waals surface area (Å²) in [6.45, 7) is 6.94. The van der Waals surface area contributed by atoms with Crippen molar-refractivity contribution in [2.24, 2.45) is 7.05 Å². The van der Waals surface area contributed by atoms with Crippen molar-refractivity contribution in [3.05, 3.63) is 42.4 Å². The van der Waals surface area contributed by atoms with Gasteiger partial charge in [-0.1, -0.05) is 13.0 Å². The number of pyridine rings is 1. The van der Waals surface area contributed by atoms with Crippen molar-refractivity contribution >= 4 is 29.0 Å². The molecule has 0 bridgehead atoms. The van der Waals surface area contributed by atoms with E-state index in [-0.39, 0.29) is 17.9 Å². The number of nitrogens with zero attached hydrogens (tertiary/aromatic N) is 6. The fraction of sp³-hybridized carbons (Fsp3) is 0.375. The zero-order chi connectivity index (χ0) is 24.4. The lowest BCUT2D eigenvalue weighted by atomic mass is 10.1. The zero-order valence-electron chi connectivity index (χ0n) is 20.1. The van der Waals surface area contributed by atoms with Crippen molar-refractivity contribution in [2.45, 2.75) is 33.2 Å². The molecule has 0 spiro atoms. The number of para-hydroxylation sites is 1. The van der Waals surface area contributed by atoms with Gasteiger partial charge < -0.3 is 15.0 Å². The van der Waals surface area contributed by atoms with Crippen LogP contribution >= 0.6 is 0 Å².